The molecule has 2 heterocycles. The van der Waals surface area contributed by atoms with Gasteiger partial charge in [-0.2, -0.15) is 0 Å². The first kappa shape index (κ1) is 29.5. The van der Waals surface area contributed by atoms with E-state index in [-0.39, 0.29) is 47.1 Å². The van der Waals surface area contributed by atoms with Gasteiger partial charge in [-0.1, -0.05) is 17.3 Å². The Morgan fingerprint density at radius 1 is 1.28 bits per heavy atom. The first-order valence-electron chi connectivity index (χ1n) is 12.0. The van der Waals surface area contributed by atoms with Crippen molar-refractivity contribution >= 4 is 52.9 Å². The van der Waals surface area contributed by atoms with Crippen LogP contribution >= 0.6 is 11.3 Å². The molecule has 3 rings (SSSR count). The van der Waals surface area contributed by atoms with Crippen LogP contribution in [0.4, 0.5) is 5.13 Å². The van der Waals surface area contributed by atoms with E-state index in [9.17, 15) is 34.4 Å². The van der Waals surface area contributed by atoms with Crippen molar-refractivity contribution in [1.29, 1.82) is 0 Å². The molecule has 0 fully saturated rings. The van der Waals surface area contributed by atoms with Gasteiger partial charge in [0.15, 0.2) is 23.2 Å². The number of Topliss-reactive ketones (excluding diaryl/α,β-unsaturated/α-hetero) is 1. The zero-order chi connectivity index (χ0) is 28.5. The summed E-state index contributed by atoms with van der Waals surface area (Å²) in [6.45, 7) is -0.270. The molecule has 1 aromatic heterocycles. The number of hydrogen-bond donors (Lipinski definition) is 6. The van der Waals surface area contributed by atoms with Gasteiger partial charge in [-0.15, -0.1) is 11.3 Å². The van der Waals surface area contributed by atoms with Crippen molar-refractivity contribution in [3.8, 4) is 5.75 Å². The van der Waals surface area contributed by atoms with Crippen LogP contribution in [-0.2, 0) is 25.6 Å². The van der Waals surface area contributed by atoms with Crippen LogP contribution in [-0.4, -0.2) is 75.9 Å². The Bertz CT molecular complexity index is 1250. The van der Waals surface area contributed by atoms with Crippen molar-refractivity contribution in [2.24, 2.45) is 10.9 Å². The van der Waals surface area contributed by atoms with Crippen molar-refractivity contribution in [2.75, 3.05) is 18.9 Å². The second-order valence-electron chi connectivity index (χ2n) is 8.73. The van der Waals surface area contributed by atoms with Gasteiger partial charge < -0.3 is 41.5 Å². The van der Waals surface area contributed by atoms with Gasteiger partial charge in [0.2, 0.25) is 0 Å². The van der Waals surface area contributed by atoms with Crippen LogP contribution in [0.15, 0.2) is 28.7 Å². The number of thiazole rings is 1. The number of nitrogens with one attached hydrogen (secondary N) is 1. The third-order valence-corrected chi connectivity index (χ3v) is 6.53. The van der Waals surface area contributed by atoms with Crippen molar-refractivity contribution in [3.63, 3.8) is 0 Å². The monoisotopic (exact) mass is 561 g/mol. The third-order valence-electron chi connectivity index (χ3n) is 5.86. The topological polar surface area (TPSA) is 237 Å². The minimum absolute atomic E-state index is 0.0411. The van der Waals surface area contributed by atoms with Crippen LogP contribution in [0.1, 0.15) is 47.3 Å². The van der Waals surface area contributed by atoms with E-state index < -0.39 is 49.2 Å². The second-order valence-corrected chi connectivity index (χ2v) is 9.62. The standard InChI is InChI=1S/C23H28BN5O9S/c25-7-2-1-6-15(22(34)35)27-18(31)10-37-29-19(16-11-39-23(26)28-16)17(30)9-13-8-12-4-3-5-14(21(32)33)20(12)38-24(13)36/h3-5,11,13,15,36H,1-2,6-10,25H2,(H2,26,28)(H,27,31)(H,32,33)(H,34,35)/b29-19-/t13-,15+/m1/s1. The Balaban J connectivity index is 1.69. The molecule has 208 valence electrons. The van der Waals surface area contributed by atoms with Gasteiger partial charge in [-0.25, -0.2) is 14.6 Å². The van der Waals surface area contributed by atoms with E-state index in [0.29, 0.717) is 24.9 Å². The lowest BCUT2D eigenvalue weighted by Crippen LogP contribution is -2.42. The van der Waals surface area contributed by atoms with Gasteiger partial charge in [-0.05, 0) is 43.9 Å². The summed E-state index contributed by atoms with van der Waals surface area (Å²) in [5.74, 6) is -4.48. The SMILES string of the molecule is NCCCC[C@H](NC(=O)CO/N=C(\C(=O)C[C@H]1Cc2cccc(C(=O)O)c2OB1O)c1csc(N)n1)C(=O)O. The van der Waals surface area contributed by atoms with E-state index >= 15 is 0 Å². The molecular weight excluding hydrogens is 533 g/mol. The number of nitrogens with zero attached hydrogens (tertiary/aromatic N) is 2. The largest absolute Gasteiger partial charge is 0.535 e. The Hall–Kier alpha value is -4.02. The van der Waals surface area contributed by atoms with Crippen LogP contribution in [0.2, 0.25) is 5.82 Å². The molecule has 1 amide bonds. The Morgan fingerprint density at radius 3 is 2.69 bits per heavy atom. The maximum atomic E-state index is 13.2. The molecule has 0 saturated heterocycles. The number of oxime groups is 1. The molecule has 8 N–H and O–H groups in total. The van der Waals surface area contributed by atoms with Crippen molar-refractivity contribution in [1.82, 2.24) is 10.3 Å². The number of unbranched alkanes of at least 4 members (excludes halogenated alkanes) is 1. The zero-order valence-corrected chi connectivity index (χ0v) is 21.6. The highest BCUT2D eigenvalue weighted by atomic mass is 32.1. The summed E-state index contributed by atoms with van der Waals surface area (Å²) in [6, 6.07) is 3.40. The lowest BCUT2D eigenvalue weighted by atomic mass is 9.64. The number of carbonyl (C=O) groups is 4. The molecule has 0 aliphatic carbocycles. The molecule has 0 bridgehead atoms. The molecule has 1 aliphatic heterocycles. The van der Waals surface area contributed by atoms with Crippen LogP contribution in [0.25, 0.3) is 0 Å². The normalized spacial score (nSPS) is 15.6. The molecule has 0 spiro atoms. The fourth-order valence-electron chi connectivity index (χ4n) is 3.94. The second kappa shape index (κ2) is 13.7. The Labute approximate surface area is 227 Å². The third kappa shape index (κ3) is 7.99. The number of aromatic nitrogens is 1. The maximum absolute atomic E-state index is 13.2. The first-order valence-corrected chi connectivity index (χ1v) is 12.8. The van der Waals surface area contributed by atoms with E-state index in [1.165, 1.54) is 11.4 Å². The van der Waals surface area contributed by atoms with Crippen molar-refractivity contribution < 1.29 is 43.9 Å². The highest BCUT2D eigenvalue weighted by Gasteiger charge is 2.39. The van der Waals surface area contributed by atoms with Crippen LogP contribution < -0.4 is 21.4 Å². The van der Waals surface area contributed by atoms with Crippen LogP contribution in [0.3, 0.4) is 0 Å². The summed E-state index contributed by atoms with van der Waals surface area (Å²) >= 11 is 1.05. The summed E-state index contributed by atoms with van der Waals surface area (Å²) in [5, 5.41) is 36.9. The number of hydrogen-bond acceptors (Lipinski definition) is 12. The molecule has 2 aromatic rings. The van der Waals surface area contributed by atoms with E-state index in [0.717, 1.165) is 11.3 Å². The number of rotatable bonds is 14. The maximum Gasteiger partial charge on any atom is 0.526 e. The number of fused-ring (bicyclic) bond motifs is 1. The summed E-state index contributed by atoms with van der Waals surface area (Å²) in [5.41, 5.74) is 11.3. The van der Waals surface area contributed by atoms with Gasteiger partial charge in [0, 0.05) is 17.6 Å². The van der Waals surface area contributed by atoms with Gasteiger partial charge in [0.05, 0.1) is 5.56 Å². The molecule has 39 heavy (non-hydrogen) atoms. The quantitative estimate of drug-likeness (QED) is 0.0790. The predicted octanol–water partition coefficient (Wildman–Crippen LogP) is 0.288. The lowest BCUT2D eigenvalue weighted by molar-refractivity contribution is -0.142. The Kier molecular flexibility index (Phi) is 10.4. The number of nitrogen functional groups attached to an aromatic ring is 1. The first-order chi connectivity index (χ1) is 18.6. The molecule has 1 aromatic carbocycles. The number of ketones is 1. The van der Waals surface area contributed by atoms with Gasteiger partial charge in [0.1, 0.15) is 17.5 Å². The lowest BCUT2D eigenvalue weighted by Gasteiger charge is -2.28. The highest BCUT2D eigenvalue weighted by molar-refractivity contribution is 7.13. The smallest absolute Gasteiger partial charge is 0.526 e. The molecule has 0 unspecified atom stereocenters. The van der Waals surface area contributed by atoms with Crippen LogP contribution in [0, 0.1) is 0 Å². The number of carboxylic acid groups (broad SMARTS) is 2. The van der Waals surface area contributed by atoms with Crippen molar-refractivity contribution in [2.45, 2.75) is 44.0 Å². The number of anilines is 1. The van der Waals surface area contributed by atoms with Gasteiger partial charge in [-0.3, -0.25) is 9.59 Å². The number of amides is 1. The number of carboxylic acids is 2. The predicted molar refractivity (Wildman–Crippen MR) is 141 cm³/mol. The fraction of sp³-hybridized carbons (Fsp3) is 0.391. The minimum Gasteiger partial charge on any atom is -0.535 e. The number of aromatic carboxylic acids is 1. The molecule has 0 radical (unpaired) electrons. The highest BCUT2D eigenvalue weighted by Crippen LogP contribution is 2.36. The summed E-state index contributed by atoms with van der Waals surface area (Å²) < 4.78 is 5.44. The number of nitrogens with two attached hydrogens (primary N) is 2. The fourth-order valence-corrected chi connectivity index (χ4v) is 4.49. The summed E-state index contributed by atoms with van der Waals surface area (Å²) in [6.07, 6.45) is 1.18. The van der Waals surface area contributed by atoms with Crippen LogP contribution in [0.5, 0.6) is 5.75 Å². The van der Waals surface area contributed by atoms with E-state index in [4.69, 9.17) is 21.0 Å². The van der Waals surface area contributed by atoms with Gasteiger partial charge >= 0.3 is 19.1 Å². The molecule has 2 atom stereocenters. The summed E-state index contributed by atoms with van der Waals surface area (Å²) in [4.78, 5) is 57.4. The number of carbonyl (C=O) groups excluding carboxylic acids is 2. The average molecular weight is 561 g/mol. The van der Waals surface area contributed by atoms with E-state index in [1.807, 2.05) is 0 Å². The molecule has 14 nitrogen and oxygen atoms in total. The number of para-hydroxylation sites is 1. The summed E-state index contributed by atoms with van der Waals surface area (Å²) in [7, 11) is -1.47. The van der Waals surface area contributed by atoms with E-state index in [2.05, 4.69) is 15.5 Å². The average Bonchev–Trinajstić information content (AvgIpc) is 3.31. The molecular formula is C23H28BN5O9S. The van der Waals surface area contributed by atoms with E-state index in [1.54, 1.807) is 12.1 Å². The van der Waals surface area contributed by atoms with Gasteiger partial charge in [0.25, 0.3) is 5.91 Å². The molecule has 1 aliphatic rings. The number of benzene rings is 1. The van der Waals surface area contributed by atoms with Crippen molar-refractivity contribution in [3.05, 3.63) is 40.4 Å². The minimum atomic E-state index is -1.47. The number of aliphatic carboxylic acids is 1. The molecule has 0 saturated carbocycles. The zero-order valence-electron chi connectivity index (χ0n) is 20.7. The Morgan fingerprint density at radius 2 is 2.05 bits per heavy atom. The molecule has 16 heteroatoms.